The van der Waals surface area contributed by atoms with Crippen LogP contribution >= 0.6 is 11.6 Å². The van der Waals surface area contributed by atoms with Crippen LogP contribution in [0.25, 0.3) is 11.6 Å². The van der Waals surface area contributed by atoms with Crippen molar-refractivity contribution < 1.29 is 19.0 Å². The SMILES string of the molecule is O=c1[nH]c(/C=C2\C=Nc3c2ccc(Cl)c3F)c(O)n1C(CO)c1ccc(F)cc1. The highest BCUT2D eigenvalue weighted by atomic mass is 35.5. The third-order valence-electron chi connectivity index (χ3n) is 4.68. The Morgan fingerprint density at radius 3 is 2.62 bits per heavy atom. The molecule has 2 aromatic carbocycles. The van der Waals surface area contributed by atoms with Crippen LogP contribution in [0.1, 0.15) is 22.9 Å². The summed E-state index contributed by atoms with van der Waals surface area (Å²) in [5.41, 5.74) is 0.813. The summed E-state index contributed by atoms with van der Waals surface area (Å²) in [5.74, 6) is -1.55. The number of hydrogen-bond donors (Lipinski definition) is 3. The Morgan fingerprint density at radius 2 is 1.93 bits per heavy atom. The molecule has 0 spiro atoms. The van der Waals surface area contributed by atoms with Gasteiger partial charge in [0, 0.05) is 17.4 Å². The van der Waals surface area contributed by atoms with Crippen LogP contribution in [0.5, 0.6) is 5.88 Å². The lowest BCUT2D eigenvalue weighted by atomic mass is 10.1. The number of aliphatic imine (C=N–C) groups is 1. The van der Waals surface area contributed by atoms with Crippen LogP contribution in [-0.4, -0.2) is 32.6 Å². The van der Waals surface area contributed by atoms with Gasteiger partial charge in [-0.2, -0.15) is 0 Å². The standard InChI is InChI=1S/C20H14ClF2N3O3/c21-14-6-5-13-11(8-24-18(13)17(14)23)7-15-19(28)26(20(29)25-15)16(9-27)10-1-3-12(22)4-2-10/h1-8,16,27-28H,9H2,(H,25,29)/b11-7+. The van der Waals surface area contributed by atoms with Gasteiger partial charge in [-0.3, -0.25) is 9.56 Å². The molecule has 3 N–H and O–H groups in total. The summed E-state index contributed by atoms with van der Waals surface area (Å²) >= 11 is 5.76. The second-order valence-electron chi connectivity index (χ2n) is 6.40. The number of allylic oxidation sites excluding steroid dienone is 1. The van der Waals surface area contributed by atoms with Gasteiger partial charge < -0.3 is 15.2 Å². The van der Waals surface area contributed by atoms with E-state index in [2.05, 4.69) is 9.98 Å². The van der Waals surface area contributed by atoms with Crippen LogP contribution in [0.2, 0.25) is 5.02 Å². The minimum atomic E-state index is -0.924. The lowest BCUT2D eigenvalue weighted by molar-refractivity contribution is 0.237. The van der Waals surface area contributed by atoms with Gasteiger partial charge in [0.2, 0.25) is 5.88 Å². The topological polar surface area (TPSA) is 90.6 Å². The van der Waals surface area contributed by atoms with E-state index in [1.54, 1.807) is 6.07 Å². The van der Waals surface area contributed by atoms with Gasteiger partial charge in [-0.15, -0.1) is 0 Å². The predicted octanol–water partition coefficient (Wildman–Crippen LogP) is 3.65. The minimum absolute atomic E-state index is 0.0558. The van der Waals surface area contributed by atoms with Crippen molar-refractivity contribution in [3.63, 3.8) is 0 Å². The summed E-state index contributed by atoms with van der Waals surface area (Å²) in [7, 11) is 0. The fourth-order valence-corrected chi connectivity index (χ4v) is 3.39. The molecule has 148 valence electrons. The Balaban J connectivity index is 1.77. The summed E-state index contributed by atoms with van der Waals surface area (Å²) in [6, 6.07) is 7.28. The normalized spacial score (nSPS) is 15.1. The number of fused-ring (bicyclic) bond motifs is 1. The average molecular weight is 418 g/mol. The summed E-state index contributed by atoms with van der Waals surface area (Å²) in [6.45, 7) is -0.499. The third kappa shape index (κ3) is 3.26. The fraction of sp³-hybridized carbons (Fsp3) is 0.100. The number of benzene rings is 2. The molecule has 1 unspecified atom stereocenters. The first-order valence-electron chi connectivity index (χ1n) is 8.54. The second kappa shape index (κ2) is 7.31. The Bertz CT molecular complexity index is 1210. The van der Waals surface area contributed by atoms with Crippen molar-refractivity contribution in [2.75, 3.05) is 6.61 Å². The number of H-pyrrole nitrogens is 1. The lowest BCUT2D eigenvalue weighted by Crippen LogP contribution is -2.25. The molecular formula is C20H14ClF2N3O3. The van der Waals surface area contributed by atoms with Gasteiger partial charge in [0.25, 0.3) is 0 Å². The van der Waals surface area contributed by atoms with Crippen molar-refractivity contribution in [2.24, 2.45) is 4.99 Å². The Kier molecular flexibility index (Phi) is 4.81. The van der Waals surface area contributed by atoms with Gasteiger partial charge in [-0.05, 0) is 29.8 Å². The summed E-state index contributed by atoms with van der Waals surface area (Å²) < 4.78 is 28.2. The van der Waals surface area contributed by atoms with Crippen molar-refractivity contribution in [1.29, 1.82) is 0 Å². The van der Waals surface area contributed by atoms with Gasteiger partial charge in [0.05, 0.1) is 17.7 Å². The number of aliphatic hydroxyl groups excluding tert-OH is 1. The van der Waals surface area contributed by atoms with Crippen molar-refractivity contribution >= 4 is 35.2 Å². The van der Waals surface area contributed by atoms with Crippen LogP contribution in [0.4, 0.5) is 14.5 Å². The van der Waals surface area contributed by atoms with Crippen LogP contribution < -0.4 is 5.69 Å². The fourth-order valence-electron chi connectivity index (χ4n) is 3.24. The number of nitrogens with one attached hydrogen (secondary N) is 1. The molecule has 3 aromatic rings. The van der Waals surface area contributed by atoms with Gasteiger partial charge in [-0.1, -0.05) is 29.8 Å². The summed E-state index contributed by atoms with van der Waals surface area (Å²) in [5, 5.41) is 20.3. The number of halogens is 3. The van der Waals surface area contributed by atoms with E-state index in [0.29, 0.717) is 16.7 Å². The largest absolute Gasteiger partial charge is 0.493 e. The zero-order valence-electron chi connectivity index (χ0n) is 14.7. The highest BCUT2D eigenvalue weighted by Gasteiger charge is 2.23. The number of aromatic nitrogens is 2. The molecule has 0 fully saturated rings. The van der Waals surface area contributed by atoms with Crippen LogP contribution in [0, 0.1) is 11.6 Å². The quantitative estimate of drug-likeness (QED) is 0.605. The number of rotatable bonds is 4. The van der Waals surface area contributed by atoms with Crippen LogP contribution in [0.15, 0.2) is 46.2 Å². The summed E-state index contributed by atoms with van der Waals surface area (Å²) in [6.07, 6.45) is 2.83. The molecule has 0 bridgehead atoms. The number of aromatic amines is 1. The molecule has 1 aromatic heterocycles. The summed E-state index contributed by atoms with van der Waals surface area (Å²) in [4.78, 5) is 18.9. The molecule has 0 radical (unpaired) electrons. The molecule has 0 aliphatic carbocycles. The first-order valence-corrected chi connectivity index (χ1v) is 8.92. The van der Waals surface area contributed by atoms with Crippen molar-refractivity contribution in [2.45, 2.75) is 6.04 Å². The van der Waals surface area contributed by atoms with E-state index in [1.165, 1.54) is 42.6 Å². The molecule has 9 heteroatoms. The number of nitrogens with zero attached hydrogens (tertiary/aromatic N) is 2. The highest BCUT2D eigenvalue weighted by Crippen LogP contribution is 2.38. The maximum atomic E-state index is 14.1. The van der Waals surface area contributed by atoms with E-state index in [4.69, 9.17) is 11.6 Å². The molecular weight excluding hydrogens is 404 g/mol. The average Bonchev–Trinajstić information content (AvgIpc) is 3.23. The van der Waals surface area contributed by atoms with Gasteiger partial charge in [-0.25, -0.2) is 13.6 Å². The molecule has 0 saturated heterocycles. The van der Waals surface area contributed by atoms with Crippen molar-refractivity contribution in [3.05, 3.63) is 80.4 Å². The van der Waals surface area contributed by atoms with Gasteiger partial charge >= 0.3 is 5.69 Å². The van der Waals surface area contributed by atoms with Crippen LogP contribution in [0.3, 0.4) is 0 Å². The minimum Gasteiger partial charge on any atom is -0.493 e. The molecule has 2 heterocycles. The number of imidazole rings is 1. The molecule has 1 atom stereocenters. The van der Waals surface area contributed by atoms with Gasteiger partial charge in [0.15, 0.2) is 5.82 Å². The van der Waals surface area contributed by atoms with Crippen molar-refractivity contribution in [1.82, 2.24) is 9.55 Å². The third-order valence-corrected chi connectivity index (χ3v) is 4.97. The molecule has 6 nitrogen and oxygen atoms in total. The molecule has 29 heavy (non-hydrogen) atoms. The second-order valence-corrected chi connectivity index (χ2v) is 6.81. The number of aromatic hydroxyl groups is 1. The first-order chi connectivity index (χ1) is 13.9. The predicted molar refractivity (Wildman–Crippen MR) is 106 cm³/mol. The highest BCUT2D eigenvalue weighted by molar-refractivity contribution is 6.31. The molecule has 1 aliphatic heterocycles. The maximum Gasteiger partial charge on any atom is 0.329 e. The first kappa shape index (κ1) is 19.1. The zero-order valence-corrected chi connectivity index (χ0v) is 15.5. The van der Waals surface area contributed by atoms with E-state index in [0.717, 1.165) is 4.57 Å². The monoisotopic (exact) mass is 417 g/mol. The van der Waals surface area contributed by atoms with Crippen LogP contribution in [-0.2, 0) is 0 Å². The Labute approximate surface area is 168 Å². The Hall–Kier alpha value is -3.23. The smallest absolute Gasteiger partial charge is 0.329 e. The van der Waals surface area contributed by atoms with Crippen molar-refractivity contribution in [3.8, 4) is 5.88 Å². The maximum absolute atomic E-state index is 14.1. The molecule has 0 amide bonds. The molecule has 1 aliphatic rings. The Morgan fingerprint density at radius 1 is 1.21 bits per heavy atom. The number of hydrogen-bond acceptors (Lipinski definition) is 4. The molecule has 0 saturated carbocycles. The van der Waals surface area contributed by atoms with E-state index in [-0.39, 0.29) is 16.4 Å². The van der Waals surface area contributed by atoms with E-state index in [9.17, 15) is 23.8 Å². The van der Waals surface area contributed by atoms with E-state index >= 15 is 0 Å². The zero-order chi connectivity index (χ0) is 20.7. The van der Waals surface area contributed by atoms with E-state index in [1.807, 2.05) is 0 Å². The molecule has 4 rings (SSSR count). The van der Waals surface area contributed by atoms with Gasteiger partial charge in [0.1, 0.15) is 17.2 Å². The van der Waals surface area contributed by atoms with E-state index < -0.39 is 35.9 Å². The number of aliphatic hydroxyl groups is 1. The lowest BCUT2D eigenvalue weighted by Gasteiger charge is -2.16.